The van der Waals surface area contributed by atoms with Crippen molar-refractivity contribution in [1.29, 1.82) is 0 Å². The van der Waals surface area contributed by atoms with E-state index in [4.69, 9.17) is 10.8 Å². The fourth-order valence-electron chi connectivity index (χ4n) is 1.78. The van der Waals surface area contributed by atoms with Crippen LogP contribution < -0.4 is 10.5 Å². The van der Waals surface area contributed by atoms with E-state index in [1.807, 2.05) is 0 Å². The fourth-order valence-corrected chi connectivity index (χ4v) is 1.78. The molecule has 0 spiro atoms. The van der Waals surface area contributed by atoms with Gasteiger partial charge in [-0.3, -0.25) is 0 Å². The smallest absolute Gasteiger partial charge is 0.358 e. The number of carbonyl (C=O) groups is 1. The standard InChI is InChI=1S/C13H9F3N2O3/c1-21-12-9(17)8(16)10(18-11(12)13(19)20)5-3-2-4-6(14)7(5)15/h2-4H,1H3,(H2,17,18)(H,19,20). The average Bonchev–Trinajstić information content (AvgIpc) is 2.44. The third-order valence-corrected chi connectivity index (χ3v) is 2.74. The molecule has 0 aliphatic rings. The number of hydrogen-bond donors (Lipinski definition) is 2. The Morgan fingerprint density at radius 1 is 1.29 bits per heavy atom. The first-order chi connectivity index (χ1) is 9.88. The Hall–Kier alpha value is -2.77. The number of halogens is 3. The maximum atomic E-state index is 14.1. The molecule has 0 saturated carbocycles. The molecule has 0 saturated heterocycles. The lowest BCUT2D eigenvalue weighted by Crippen LogP contribution is -2.11. The predicted molar refractivity (Wildman–Crippen MR) is 67.5 cm³/mol. The molecule has 0 amide bonds. The first-order valence-corrected chi connectivity index (χ1v) is 5.59. The van der Waals surface area contributed by atoms with E-state index in [-0.39, 0.29) is 0 Å². The van der Waals surface area contributed by atoms with E-state index in [2.05, 4.69) is 9.72 Å². The number of anilines is 1. The number of nitrogen functional groups attached to an aromatic ring is 1. The van der Waals surface area contributed by atoms with Crippen molar-refractivity contribution in [3.63, 3.8) is 0 Å². The molecule has 8 heteroatoms. The Bertz CT molecular complexity index is 735. The second kappa shape index (κ2) is 5.31. The molecule has 110 valence electrons. The Labute approximate surface area is 116 Å². The first kappa shape index (κ1) is 14.6. The molecule has 0 aliphatic heterocycles. The summed E-state index contributed by atoms with van der Waals surface area (Å²) < 4.78 is 45.7. The minimum absolute atomic E-state index is 0.486. The van der Waals surface area contributed by atoms with E-state index in [0.29, 0.717) is 0 Å². The van der Waals surface area contributed by atoms with Gasteiger partial charge in [0.15, 0.2) is 28.9 Å². The van der Waals surface area contributed by atoms with Crippen molar-refractivity contribution >= 4 is 11.7 Å². The molecule has 0 bridgehead atoms. The van der Waals surface area contributed by atoms with Crippen LogP contribution in [-0.4, -0.2) is 23.2 Å². The first-order valence-electron chi connectivity index (χ1n) is 5.59. The van der Waals surface area contributed by atoms with Crippen LogP contribution in [0.25, 0.3) is 11.3 Å². The van der Waals surface area contributed by atoms with E-state index in [1.165, 1.54) is 0 Å². The third-order valence-electron chi connectivity index (χ3n) is 2.74. The Kier molecular flexibility index (Phi) is 3.70. The number of ether oxygens (including phenoxy) is 1. The maximum absolute atomic E-state index is 14.1. The molecule has 2 aromatic rings. The second-order valence-electron chi connectivity index (χ2n) is 3.98. The van der Waals surface area contributed by atoms with Crippen LogP contribution in [0.15, 0.2) is 18.2 Å². The number of methoxy groups -OCH3 is 1. The normalized spacial score (nSPS) is 10.5. The zero-order valence-electron chi connectivity index (χ0n) is 10.7. The number of nitrogens with two attached hydrogens (primary N) is 1. The number of rotatable bonds is 3. The van der Waals surface area contributed by atoms with Crippen LogP contribution in [0.4, 0.5) is 18.9 Å². The van der Waals surface area contributed by atoms with Crippen LogP contribution in [0.3, 0.4) is 0 Å². The van der Waals surface area contributed by atoms with Gasteiger partial charge in [0.25, 0.3) is 0 Å². The molecule has 1 heterocycles. The molecule has 5 nitrogen and oxygen atoms in total. The van der Waals surface area contributed by atoms with Crippen molar-refractivity contribution in [1.82, 2.24) is 4.98 Å². The molecular formula is C13H9F3N2O3. The third kappa shape index (κ3) is 2.35. The largest absolute Gasteiger partial charge is 0.492 e. The molecule has 0 radical (unpaired) electrons. The van der Waals surface area contributed by atoms with Crippen LogP contribution in [0.2, 0.25) is 0 Å². The van der Waals surface area contributed by atoms with Gasteiger partial charge in [-0.15, -0.1) is 0 Å². The van der Waals surface area contributed by atoms with Gasteiger partial charge in [-0.1, -0.05) is 6.07 Å². The number of pyridine rings is 1. The predicted octanol–water partition coefficient (Wildman–Crippen LogP) is 2.45. The van der Waals surface area contributed by atoms with Gasteiger partial charge in [0.1, 0.15) is 11.4 Å². The summed E-state index contributed by atoms with van der Waals surface area (Å²) in [6.07, 6.45) is 0. The summed E-state index contributed by atoms with van der Waals surface area (Å²) in [5.74, 6) is -5.80. The summed E-state index contributed by atoms with van der Waals surface area (Å²) in [4.78, 5) is 14.6. The summed E-state index contributed by atoms with van der Waals surface area (Å²) in [5.41, 5.74) is 2.85. The molecule has 1 aromatic heterocycles. The van der Waals surface area contributed by atoms with Gasteiger partial charge in [-0.05, 0) is 12.1 Å². The highest BCUT2D eigenvalue weighted by molar-refractivity contribution is 5.92. The van der Waals surface area contributed by atoms with E-state index >= 15 is 0 Å². The van der Waals surface area contributed by atoms with Crippen LogP contribution in [-0.2, 0) is 0 Å². The SMILES string of the molecule is COc1c(C(=O)O)nc(-c2cccc(F)c2F)c(F)c1N. The van der Waals surface area contributed by atoms with Gasteiger partial charge < -0.3 is 15.6 Å². The van der Waals surface area contributed by atoms with Gasteiger partial charge in [-0.2, -0.15) is 0 Å². The van der Waals surface area contributed by atoms with Gasteiger partial charge in [0.2, 0.25) is 0 Å². The fraction of sp³-hybridized carbons (Fsp3) is 0.0769. The summed E-state index contributed by atoms with van der Waals surface area (Å²) in [6, 6.07) is 3.03. The number of hydrogen-bond acceptors (Lipinski definition) is 4. The number of aromatic nitrogens is 1. The van der Waals surface area contributed by atoms with Gasteiger partial charge in [-0.25, -0.2) is 22.9 Å². The maximum Gasteiger partial charge on any atom is 0.358 e. The molecule has 0 atom stereocenters. The average molecular weight is 298 g/mol. The Morgan fingerprint density at radius 3 is 2.52 bits per heavy atom. The van der Waals surface area contributed by atoms with E-state index in [9.17, 15) is 18.0 Å². The molecular weight excluding hydrogens is 289 g/mol. The molecule has 3 N–H and O–H groups in total. The number of aromatic carboxylic acids is 1. The van der Waals surface area contributed by atoms with Crippen LogP contribution >= 0.6 is 0 Å². The molecule has 21 heavy (non-hydrogen) atoms. The second-order valence-corrected chi connectivity index (χ2v) is 3.98. The van der Waals surface area contributed by atoms with Gasteiger partial charge in [0.05, 0.1) is 7.11 Å². The van der Waals surface area contributed by atoms with Crippen molar-refractivity contribution in [2.75, 3.05) is 12.8 Å². The summed E-state index contributed by atoms with van der Waals surface area (Å²) in [6.45, 7) is 0. The summed E-state index contributed by atoms with van der Waals surface area (Å²) in [7, 11) is 1.09. The minimum Gasteiger partial charge on any atom is -0.492 e. The van der Waals surface area contributed by atoms with Crippen molar-refractivity contribution in [3.8, 4) is 17.0 Å². The highest BCUT2D eigenvalue weighted by Crippen LogP contribution is 2.35. The highest BCUT2D eigenvalue weighted by Gasteiger charge is 2.25. The molecule has 0 unspecified atom stereocenters. The minimum atomic E-state index is -1.54. The van der Waals surface area contributed by atoms with E-state index < -0.39 is 51.8 Å². The van der Waals surface area contributed by atoms with Crippen molar-refractivity contribution < 1.29 is 27.8 Å². The van der Waals surface area contributed by atoms with Gasteiger partial charge in [0, 0.05) is 5.56 Å². The van der Waals surface area contributed by atoms with E-state index in [0.717, 1.165) is 25.3 Å². The van der Waals surface area contributed by atoms with Gasteiger partial charge >= 0.3 is 5.97 Å². The number of nitrogens with zero attached hydrogens (tertiary/aromatic N) is 1. The van der Waals surface area contributed by atoms with Crippen LogP contribution in [0.1, 0.15) is 10.5 Å². The summed E-state index contributed by atoms with van der Waals surface area (Å²) in [5, 5.41) is 9.02. The highest BCUT2D eigenvalue weighted by atomic mass is 19.2. The lowest BCUT2D eigenvalue weighted by Gasteiger charge is -2.12. The number of benzene rings is 1. The molecule has 0 aliphatic carbocycles. The zero-order valence-corrected chi connectivity index (χ0v) is 10.7. The molecule has 1 aromatic carbocycles. The monoisotopic (exact) mass is 298 g/mol. The quantitative estimate of drug-likeness (QED) is 0.909. The van der Waals surface area contributed by atoms with Crippen molar-refractivity contribution in [2.24, 2.45) is 0 Å². The topological polar surface area (TPSA) is 85.4 Å². The van der Waals surface area contributed by atoms with Crippen molar-refractivity contribution in [3.05, 3.63) is 41.3 Å². The Balaban J connectivity index is 2.82. The lowest BCUT2D eigenvalue weighted by atomic mass is 10.1. The van der Waals surface area contributed by atoms with Crippen LogP contribution in [0.5, 0.6) is 5.75 Å². The molecule has 0 fully saturated rings. The Morgan fingerprint density at radius 2 is 1.95 bits per heavy atom. The summed E-state index contributed by atoms with van der Waals surface area (Å²) >= 11 is 0. The molecule has 2 rings (SSSR count). The van der Waals surface area contributed by atoms with E-state index in [1.54, 1.807) is 0 Å². The zero-order chi connectivity index (χ0) is 15.7. The van der Waals surface area contributed by atoms with Crippen molar-refractivity contribution in [2.45, 2.75) is 0 Å². The van der Waals surface area contributed by atoms with Crippen LogP contribution in [0, 0.1) is 17.5 Å². The lowest BCUT2D eigenvalue weighted by molar-refractivity contribution is 0.0686. The number of carboxylic acid groups (broad SMARTS) is 1. The number of carboxylic acids is 1.